The van der Waals surface area contributed by atoms with E-state index in [4.69, 9.17) is 14.2 Å². The Labute approximate surface area is 390 Å². The fourth-order valence-corrected chi connectivity index (χ4v) is 7.51. The van der Waals surface area contributed by atoms with Crippen molar-refractivity contribution in [3.05, 3.63) is 60.8 Å². The third-order valence-corrected chi connectivity index (χ3v) is 11.6. The largest absolute Gasteiger partial charge is 0.462 e. The van der Waals surface area contributed by atoms with Crippen molar-refractivity contribution in [2.75, 3.05) is 13.2 Å². The second-order valence-electron chi connectivity index (χ2n) is 17.9. The number of esters is 3. The quantitative estimate of drug-likeness (QED) is 0.0199. The zero-order chi connectivity index (χ0) is 45.8. The molecule has 364 valence electrons. The maximum Gasteiger partial charge on any atom is 0.306 e. The molecular weight excluding hydrogens is 781 g/mol. The van der Waals surface area contributed by atoms with E-state index in [0.717, 1.165) is 96.3 Å². The fourth-order valence-electron chi connectivity index (χ4n) is 7.51. The molecule has 0 aliphatic rings. The Bertz CT molecular complexity index is 1150. The number of allylic oxidation sites excluding steroid dienone is 10. The molecule has 0 aromatic rings. The summed E-state index contributed by atoms with van der Waals surface area (Å²) < 4.78 is 16.8. The van der Waals surface area contributed by atoms with E-state index >= 15 is 0 Å². The number of carbonyl (C=O) groups excluding carboxylic acids is 3. The molecular formula is C57H100O6. The van der Waals surface area contributed by atoms with Crippen molar-refractivity contribution in [2.24, 2.45) is 0 Å². The van der Waals surface area contributed by atoms with Gasteiger partial charge < -0.3 is 14.2 Å². The summed E-state index contributed by atoms with van der Waals surface area (Å²) in [6.45, 7) is 6.58. The van der Waals surface area contributed by atoms with Gasteiger partial charge in [0.15, 0.2) is 6.10 Å². The number of rotatable bonds is 48. The van der Waals surface area contributed by atoms with Gasteiger partial charge in [0, 0.05) is 19.3 Å². The topological polar surface area (TPSA) is 78.9 Å². The van der Waals surface area contributed by atoms with Gasteiger partial charge in [0.05, 0.1) is 0 Å². The van der Waals surface area contributed by atoms with Gasteiger partial charge in [0.25, 0.3) is 0 Å². The fraction of sp³-hybridized carbons (Fsp3) is 0.772. The molecule has 0 heterocycles. The van der Waals surface area contributed by atoms with Gasteiger partial charge in [-0.15, -0.1) is 0 Å². The smallest absolute Gasteiger partial charge is 0.306 e. The van der Waals surface area contributed by atoms with Crippen molar-refractivity contribution in [2.45, 2.75) is 271 Å². The molecule has 0 rings (SSSR count). The standard InChI is InChI=1S/C57H100O6/c1-4-7-10-13-16-19-22-25-27-28-29-30-33-35-38-41-44-47-50-56(59)62-53-54(52-61-55(58)49-46-43-40-37-34-31-24-21-18-15-12-9-6-3)63-57(60)51-48-45-42-39-36-32-26-23-20-17-14-11-8-5-2/h16,19,22,25,27-30,32,36,54H,4-15,17-18,20-21,23-24,26,31,33-35,37-53H2,1-3H3/b19-16-,25-22-,28-27-,30-29-,36-32-. The third kappa shape index (κ3) is 50.0. The predicted molar refractivity (Wildman–Crippen MR) is 270 cm³/mol. The molecule has 6 nitrogen and oxygen atoms in total. The molecule has 0 fully saturated rings. The minimum atomic E-state index is -0.789. The summed E-state index contributed by atoms with van der Waals surface area (Å²) in [5.41, 5.74) is 0. The molecule has 1 unspecified atom stereocenters. The summed E-state index contributed by atoms with van der Waals surface area (Å²) in [4.78, 5) is 38.0. The molecule has 0 aromatic carbocycles. The van der Waals surface area contributed by atoms with E-state index in [0.29, 0.717) is 19.3 Å². The summed E-state index contributed by atoms with van der Waals surface area (Å²) in [6, 6.07) is 0. The first-order valence-corrected chi connectivity index (χ1v) is 26.8. The van der Waals surface area contributed by atoms with Gasteiger partial charge in [-0.25, -0.2) is 0 Å². The van der Waals surface area contributed by atoms with E-state index in [-0.39, 0.29) is 31.1 Å². The van der Waals surface area contributed by atoms with Crippen LogP contribution in [0.3, 0.4) is 0 Å². The highest BCUT2D eigenvalue weighted by atomic mass is 16.6. The summed E-state index contributed by atoms with van der Waals surface area (Å²) in [7, 11) is 0. The molecule has 0 saturated heterocycles. The van der Waals surface area contributed by atoms with Crippen molar-refractivity contribution in [3.63, 3.8) is 0 Å². The van der Waals surface area contributed by atoms with Gasteiger partial charge >= 0.3 is 17.9 Å². The number of carbonyl (C=O) groups is 3. The average Bonchev–Trinajstić information content (AvgIpc) is 3.28. The Hall–Kier alpha value is -2.89. The zero-order valence-corrected chi connectivity index (χ0v) is 41.6. The van der Waals surface area contributed by atoms with Crippen LogP contribution < -0.4 is 0 Å². The molecule has 0 aliphatic carbocycles. The van der Waals surface area contributed by atoms with Crippen molar-refractivity contribution < 1.29 is 28.6 Å². The van der Waals surface area contributed by atoms with Crippen LogP contribution in [0.25, 0.3) is 0 Å². The van der Waals surface area contributed by atoms with Crippen LogP contribution >= 0.6 is 0 Å². The highest BCUT2D eigenvalue weighted by Gasteiger charge is 2.19. The second-order valence-corrected chi connectivity index (χ2v) is 17.9. The zero-order valence-electron chi connectivity index (χ0n) is 41.6. The predicted octanol–water partition coefficient (Wildman–Crippen LogP) is 17.6. The minimum Gasteiger partial charge on any atom is -0.462 e. The van der Waals surface area contributed by atoms with Gasteiger partial charge in [-0.3, -0.25) is 14.4 Å². The summed E-state index contributed by atoms with van der Waals surface area (Å²) in [5, 5.41) is 0. The lowest BCUT2D eigenvalue weighted by Gasteiger charge is -2.18. The Kier molecular flexibility index (Phi) is 49.4. The molecule has 1 atom stereocenters. The van der Waals surface area contributed by atoms with Crippen molar-refractivity contribution in [1.29, 1.82) is 0 Å². The van der Waals surface area contributed by atoms with E-state index in [9.17, 15) is 14.4 Å². The molecule has 0 radical (unpaired) electrons. The Morgan fingerprint density at radius 2 is 0.587 bits per heavy atom. The normalized spacial score (nSPS) is 12.5. The van der Waals surface area contributed by atoms with Crippen LogP contribution in [-0.2, 0) is 28.6 Å². The van der Waals surface area contributed by atoms with Crippen LogP contribution in [0, 0.1) is 0 Å². The summed E-state index contributed by atoms with van der Waals surface area (Å²) in [5.74, 6) is -0.919. The highest BCUT2D eigenvalue weighted by Crippen LogP contribution is 2.15. The van der Waals surface area contributed by atoms with Crippen LogP contribution in [0.4, 0.5) is 0 Å². The Balaban J connectivity index is 4.43. The number of unbranched alkanes of at least 4 members (excludes halogenated alkanes) is 30. The number of hydrogen-bond acceptors (Lipinski definition) is 6. The minimum absolute atomic E-state index is 0.0860. The van der Waals surface area contributed by atoms with E-state index in [1.807, 2.05) is 0 Å². The van der Waals surface area contributed by atoms with Gasteiger partial charge in [-0.1, -0.05) is 236 Å². The molecule has 0 aromatic heterocycles. The lowest BCUT2D eigenvalue weighted by molar-refractivity contribution is -0.167. The monoisotopic (exact) mass is 881 g/mol. The van der Waals surface area contributed by atoms with Gasteiger partial charge in [0.2, 0.25) is 0 Å². The SMILES string of the molecule is CCCCC\C=C/C=C\C=C/C=C\CCCCCCCC(=O)OCC(COC(=O)CCCCCCCCCCCCCCC)OC(=O)CCCCC/C=C\CCCCCCCCC. The Morgan fingerprint density at radius 3 is 0.984 bits per heavy atom. The lowest BCUT2D eigenvalue weighted by atomic mass is 10.0. The second kappa shape index (κ2) is 51.7. The first-order valence-electron chi connectivity index (χ1n) is 26.8. The van der Waals surface area contributed by atoms with Crippen LogP contribution in [0.5, 0.6) is 0 Å². The summed E-state index contributed by atoms with van der Waals surface area (Å²) >= 11 is 0. The van der Waals surface area contributed by atoms with Gasteiger partial charge in [-0.2, -0.15) is 0 Å². The molecule has 0 aliphatic heterocycles. The van der Waals surface area contributed by atoms with E-state index in [1.165, 1.54) is 128 Å². The maximum atomic E-state index is 12.8. The first-order chi connectivity index (χ1) is 31.0. The van der Waals surface area contributed by atoms with Gasteiger partial charge in [-0.05, 0) is 70.6 Å². The lowest BCUT2D eigenvalue weighted by Crippen LogP contribution is -2.30. The summed E-state index contributed by atoms with van der Waals surface area (Å²) in [6.07, 6.45) is 63.4. The van der Waals surface area contributed by atoms with Crippen LogP contribution in [-0.4, -0.2) is 37.2 Å². The molecule has 0 saturated carbocycles. The molecule has 0 spiro atoms. The maximum absolute atomic E-state index is 12.8. The first kappa shape index (κ1) is 60.1. The van der Waals surface area contributed by atoms with Crippen LogP contribution in [0.2, 0.25) is 0 Å². The average molecular weight is 881 g/mol. The van der Waals surface area contributed by atoms with Crippen molar-refractivity contribution in [1.82, 2.24) is 0 Å². The van der Waals surface area contributed by atoms with Crippen LogP contribution in [0.15, 0.2) is 60.8 Å². The van der Waals surface area contributed by atoms with Crippen molar-refractivity contribution in [3.8, 4) is 0 Å². The molecule has 0 amide bonds. The third-order valence-electron chi connectivity index (χ3n) is 11.6. The molecule has 0 bridgehead atoms. The van der Waals surface area contributed by atoms with Crippen LogP contribution in [0.1, 0.15) is 265 Å². The van der Waals surface area contributed by atoms with E-state index < -0.39 is 6.10 Å². The Morgan fingerprint density at radius 1 is 0.317 bits per heavy atom. The van der Waals surface area contributed by atoms with E-state index in [1.54, 1.807) is 0 Å². The van der Waals surface area contributed by atoms with Crippen molar-refractivity contribution >= 4 is 17.9 Å². The molecule has 6 heteroatoms. The van der Waals surface area contributed by atoms with Gasteiger partial charge in [0.1, 0.15) is 13.2 Å². The highest BCUT2D eigenvalue weighted by molar-refractivity contribution is 5.71. The number of hydrogen-bond donors (Lipinski definition) is 0. The molecule has 0 N–H and O–H groups in total. The van der Waals surface area contributed by atoms with E-state index in [2.05, 4.69) is 81.5 Å². The molecule has 63 heavy (non-hydrogen) atoms. The number of ether oxygens (including phenoxy) is 3.